The Morgan fingerprint density at radius 3 is 2.26 bits per heavy atom. The van der Waals surface area contributed by atoms with Crippen molar-refractivity contribution in [2.45, 2.75) is 31.4 Å². The molecule has 2 unspecified atom stereocenters. The number of methoxy groups -OCH3 is 1. The molecule has 1 aliphatic rings. The molecule has 182 valence electrons. The molecule has 0 radical (unpaired) electrons. The summed E-state index contributed by atoms with van der Waals surface area (Å²) in [6.45, 7) is 1.14. The Morgan fingerprint density at radius 2 is 1.57 bits per heavy atom. The van der Waals surface area contributed by atoms with Crippen molar-refractivity contribution in [1.82, 2.24) is 4.90 Å². The first-order valence-corrected chi connectivity index (χ1v) is 11.9. The fourth-order valence-electron chi connectivity index (χ4n) is 5.33. The van der Waals surface area contributed by atoms with Crippen LogP contribution >= 0.6 is 12.4 Å². The number of phenolic OH excluding ortho intramolecular Hbond substituents is 2. The van der Waals surface area contributed by atoms with E-state index < -0.39 is 0 Å². The van der Waals surface area contributed by atoms with Crippen LogP contribution in [0.5, 0.6) is 11.5 Å². The molecule has 2 atom stereocenters. The number of rotatable bonds is 5. The van der Waals surface area contributed by atoms with Gasteiger partial charge in [0, 0.05) is 18.7 Å². The average molecular weight is 490 g/mol. The molecule has 1 saturated heterocycles. The molecule has 2 N–H and O–H groups in total. The summed E-state index contributed by atoms with van der Waals surface area (Å²) in [5.41, 5.74) is 5.53. The predicted octanol–water partition coefficient (Wildman–Crippen LogP) is 7.23. The molecule has 35 heavy (non-hydrogen) atoms. The lowest BCUT2D eigenvalue weighted by molar-refractivity contribution is 0.138. The van der Waals surface area contributed by atoms with Gasteiger partial charge in [0.2, 0.25) is 0 Å². The van der Waals surface area contributed by atoms with Gasteiger partial charge < -0.3 is 14.9 Å². The Hall–Kier alpha value is -3.05. The van der Waals surface area contributed by atoms with Gasteiger partial charge in [-0.2, -0.15) is 0 Å². The number of piperidine rings is 1. The lowest BCUT2D eigenvalue weighted by Crippen LogP contribution is -2.29. The van der Waals surface area contributed by atoms with Crippen LogP contribution in [0.3, 0.4) is 0 Å². The minimum Gasteiger partial charge on any atom is -0.508 e. The Balaban J connectivity index is 0.00000289. The van der Waals surface area contributed by atoms with E-state index >= 15 is 0 Å². The van der Waals surface area contributed by atoms with Crippen LogP contribution in [0, 0.1) is 0 Å². The molecular weight excluding hydrogens is 458 g/mol. The highest BCUT2D eigenvalue weighted by atomic mass is 35.5. The van der Waals surface area contributed by atoms with E-state index in [1.54, 1.807) is 31.4 Å². The molecule has 0 aromatic heterocycles. The summed E-state index contributed by atoms with van der Waals surface area (Å²) in [6.07, 6.45) is 3.46. The van der Waals surface area contributed by atoms with Crippen LogP contribution in [-0.4, -0.2) is 35.8 Å². The number of ether oxygens (including phenoxy) is 1. The van der Waals surface area contributed by atoms with E-state index in [0.29, 0.717) is 6.04 Å². The molecule has 4 aromatic rings. The molecule has 1 fully saturated rings. The number of likely N-dealkylation sites (tertiary alicyclic amines) is 1. The zero-order valence-corrected chi connectivity index (χ0v) is 21.0. The smallest absolute Gasteiger partial charge is 0.116 e. The molecule has 1 heterocycles. The van der Waals surface area contributed by atoms with E-state index in [1.165, 1.54) is 24.8 Å². The standard InChI is InChI=1S/C30H31NO3.ClH/c1-31-18-4-3-5-28(31)21-6-8-22(9-7-21)30(34-2)29-26(20-10-13-24(32)14-11-20)16-12-23-19-25(33)15-17-27(23)29;/h6-17,19,28,30,32-33H,3-5,18H2,1-2H3;1H. The van der Waals surface area contributed by atoms with E-state index in [0.717, 1.165) is 39.6 Å². The lowest BCUT2D eigenvalue weighted by Gasteiger charge is -2.33. The van der Waals surface area contributed by atoms with E-state index in [4.69, 9.17) is 4.74 Å². The zero-order valence-electron chi connectivity index (χ0n) is 20.1. The minimum atomic E-state index is -0.282. The molecular formula is C30H32ClNO3. The minimum absolute atomic E-state index is 0. The number of halogens is 1. The van der Waals surface area contributed by atoms with Crippen LogP contribution in [0.15, 0.2) is 78.9 Å². The van der Waals surface area contributed by atoms with Crippen molar-refractivity contribution < 1.29 is 14.9 Å². The van der Waals surface area contributed by atoms with Crippen LogP contribution in [0.2, 0.25) is 0 Å². The predicted molar refractivity (Wildman–Crippen MR) is 144 cm³/mol. The fraction of sp³-hybridized carbons (Fsp3) is 0.267. The van der Waals surface area contributed by atoms with Gasteiger partial charge in [-0.05, 0) is 83.7 Å². The second-order valence-corrected chi connectivity index (χ2v) is 9.25. The SMILES string of the molecule is COC(c1ccc(C2CCCCN2C)cc1)c1c(-c2ccc(O)cc2)ccc2cc(O)ccc12.Cl. The van der Waals surface area contributed by atoms with Gasteiger partial charge in [-0.15, -0.1) is 12.4 Å². The molecule has 4 aromatic carbocycles. The number of hydrogen-bond acceptors (Lipinski definition) is 4. The fourth-order valence-corrected chi connectivity index (χ4v) is 5.33. The summed E-state index contributed by atoms with van der Waals surface area (Å²) >= 11 is 0. The number of phenols is 2. The van der Waals surface area contributed by atoms with E-state index in [9.17, 15) is 10.2 Å². The number of hydrogen-bond donors (Lipinski definition) is 2. The second kappa shape index (κ2) is 10.7. The molecule has 0 amide bonds. The molecule has 0 saturated carbocycles. The monoisotopic (exact) mass is 489 g/mol. The topological polar surface area (TPSA) is 52.9 Å². The second-order valence-electron chi connectivity index (χ2n) is 9.25. The summed E-state index contributed by atoms with van der Waals surface area (Å²) in [6, 6.07) is 26.1. The largest absolute Gasteiger partial charge is 0.508 e. The molecule has 0 aliphatic carbocycles. The van der Waals surface area contributed by atoms with Gasteiger partial charge in [-0.1, -0.05) is 61.0 Å². The van der Waals surface area contributed by atoms with Gasteiger partial charge in [0.25, 0.3) is 0 Å². The first kappa shape index (κ1) is 25.1. The number of nitrogens with zero attached hydrogens (tertiary/aromatic N) is 1. The van der Waals surface area contributed by atoms with Crippen molar-refractivity contribution in [3.63, 3.8) is 0 Å². The van der Waals surface area contributed by atoms with Gasteiger partial charge in [0.15, 0.2) is 0 Å². The van der Waals surface area contributed by atoms with E-state index in [-0.39, 0.29) is 30.0 Å². The van der Waals surface area contributed by atoms with Crippen molar-refractivity contribution in [2.24, 2.45) is 0 Å². The maximum absolute atomic E-state index is 10.1. The Bertz CT molecular complexity index is 1290. The van der Waals surface area contributed by atoms with Gasteiger partial charge in [0.05, 0.1) is 0 Å². The third-order valence-corrected chi connectivity index (χ3v) is 7.12. The van der Waals surface area contributed by atoms with Gasteiger partial charge >= 0.3 is 0 Å². The summed E-state index contributed by atoms with van der Waals surface area (Å²) < 4.78 is 6.13. The molecule has 1 aliphatic heterocycles. The van der Waals surface area contributed by atoms with Crippen molar-refractivity contribution in [1.29, 1.82) is 0 Å². The summed E-state index contributed by atoms with van der Waals surface area (Å²) in [7, 11) is 3.96. The van der Waals surface area contributed by atoms with E-state index in [1.807, 2.05) is 24.3 Å². The molecule has 5 heteroatoms. The highest BCUT2D eigenvalue weighted by molar-refractivity contribution is 5.93. The number of benzene rings is 4. The number of aromatic hydroxyl groups is 2. The van der Waals surface area contributed by atoms with Gasteiger partial charge in [-0.3, -0.25) is 4.90 Å². The van der Waals surface area contributed by atoms with Crippen molar-refractivity contribution in [3.05, 3.63) is 95.6 Å². The molecule has 5 rings (SSSR count). The first-order chi connectivity index (χ1) is 16.5. The van der Waals surface area contributed by atoms with Crippen molar-refractivity contribution in [2.75, 3.05) is 20.7 Å². The molecule has 4 nitrogen and oxygen atoms in total. The summed E-state index contributed by atoms with van der Waals surface area (Å²) in [5, 5.41) is 21.9. The van der Waals surface area contributed by atoms with Gasteiger partial charge in [-0.25, -0.2) is 0 Å². The van der Waals surface area contributed by atoms with Crippen LogP contribution < -0.4 is 0 Å². The first-order valence-electron chi connectivity index (χ1n) is 11.9. The highest BCUT2D eigenvalue weighted by Crippen LogP contribution is 2.41. The zero-order chi connectivity index (χ0) is 23.7. The average Bonchev–Trinajstić information content (AvgIpc) is 2.86. The van der Waals surface area contributed by atoms with Crippen LogP contribution in [-0.2, 0) is 4.74 Å². The Kier molecular flexibility index (Phi) is 7.66. The maximum Gasteiger partial charge on any atom is 0.116 e. The number of fused-ring (bicyclic) bond motifs is 1. The van der Waals surface area contributed by atoms with Crippen molar-refractivity contribution >= 4 is 23.2 Å². The Morgan fingerprint density at radius 1 is 0.857 bits per heavy atom. The molecule has 0 bridgehead atoms. The van der Waals surface area contributed by atoms with Gasteiger partial charge in [0.1, 0.15) is 17.6 Å². The third-order valence-electron chi connectivity index (χ3n) is 7.12. The highest BCUT2D eigenvalue weighted by Gasteiger charge is 2.24. The van der Waals surface area contributed by atoms with E-state index in [2.05, 4.69) is 42.3 Å². The maximum atomic E-state index is 10.1. The quantitative estimate of drug-likeness (QED) is 0.310. The van der Waals surface area contributed by atoms with Crippen LogP contribution in [0.25, 0.3) is 21.9 Å². The normalized spacial score (nSPS) is 17.1. The molecule has 0 spiro atoms. The summed E-state index contributed by atoms with van der Waals surface area (Å²) in [4.78, 5) is 2.45. The lowest BCUT2D eigenvalue weighted by atomic mass is 9.87. The summed E-state index contributed by atoms with van der Waals surface area (Å²) in [5.74, 6) is 0.480. The van der Waals surface area contributed by atoms with Crippen LogP contribution in [0.1, 0.15) is 48.1 Å². The Labute approximate surface area is 213 Å². The van der Waals surface area contributed by atoms with Crippen molar-refractivity contribution in [3.8, 4) is 22.6 Å². The third kappa shape index (κ3) is 5.01. The van der Waals surface area contributed by atoms with Crippen LogP contribution in [0.4, 0.5) is 0 Å².